The van der Waals surface area contributed by atoms with Crippen LogP contribution in [-0.4, -0.2) is 28.5 Å². The summed E-state index contributed by atoms with van der Waals surface area (Å²) in [4.78, 5) is 10.6. The van der Waals surface area contributed by atoms with Crippen molar-refractivity contribution in [3.8, 4) is 0 Å². The highest BCUT2D eigenvalue weighted by Crippen LogP contribution is 2.10. The lowest BCUT2D eigenvalue weighted by molar-refractivity contribution is 0.167. The molecule has 0 bridgehead atoms. The maximum Gasteiger partial charge on any atom is 0.423 e. The van der Waals surface area contributed by atoms with E-state index in [-0.39, 0.29) is 4.31 Å². The van der Waals surface area contributed by atoms with Crippen molar-refractivity contribution >= 4 is 22.1 Å². The minimum absolute atomic E-state index is 0.0709. The van der Waals surface area contributed by atoms with Gasteiger partial charge in [-0.3, -0.25) is 4.55 Å². The van der Waals surface area contributed by atoms with Gasteiger partial charge in [0.1, 0.15) is 0 Å². The van der Waals surface area contributed by atoms with Gasteiger partial charge in [0.05, 0.1) is 6.54 Å². The van der Waals surface area contributed by atoms with Gasteiger partial charge in [-0.15, -0.1) is 0 Å². The van der Waals surface area contributed by atoms with Gasteiger partial charge in [0.25, 0.3) is 0 Å². The van der Waals surface area contributed by atoms with E-state index < -0.39 is 22.9 Å². The molecular formula is C8H10N2O5S. The number of rotatable bonds is 3. The van der Waals surface area contributed by atoms with E-state index in [0.717, 1.165) is 0 Å². The fraction of sp³-hybridized carbons (Fsp3) is 0.125. The zero-order chi connectivity index (χ0) is 12.3. The summed E-state index contributed by atoms with van der Waals surface area (Å²) in [5.41, 5.74) is 6.27. The van der Waals surface area contributed by atoms with Crippen molar-refractivity contribution in [3.63, 3.8) is 0 Å². The molecular weight excluding hydrogens is 236 g/mol. The number of nitrogen functional groups attached to an aromatic ring is 1. The Balaban J connectivity index is 2.93. The summed E-state index contributed by atoms with van der Waals surface area (Å²) >= 11 is 0. The van der Waals surface area contributed by atoms with Crippen LogP contribution in [-0.2, 0) is 16.8 Å². The second kappa shape index (κ2) is 4.37. The minimum atomic E-state index is -4.77. The molecule has 0 atom stereocenters. The van der Waals surface area contributed by atoms with Crippen molar-refractivity contribution in [2.45, 2.75) is 6.54 Å². The zero-order valence-electron chi connectivity index (χ0n) is 8.07. The molecule has 1 aromatic rings. The first-order chi connectivity index (χ1) is 7.30. The molecule has 0 aliphatic heterocycles. The summed E-state index contributed by atoms with van der Waals surface area (Å²) in [6.07, 6.45) is -1.75. The first kappa shape index (κ1) is 12.3. The highest BCUT2D eigenvalue weighted by Gasteiger charge is 2.24. The average Bonchev–Trinajstić information content (AvgIpc) is 2.14. The number of anilines is 1. The number of nitrogens with zero attached hydrogens (tertiary/aromatic N) is 1. The molecule has 0 aliphatic carbocycles. The molecule has 1 aromatic carbocycles. The topological polar surface area (TPSA) is 121 Å². The van der Waals surface area contributed by atoms with Crippen LogP contribution in [0.4, 0.5) is 10.5 Å². The van der Waals surface area contributed by atoms with Crippen LogP contribution in [0.25, 0.3) is 0 Å². The number of hydrogen-bond acceptors (Lipinski definition) is 4. The first-order valence-corrected chi connectivity index (χ1v) is 5.53. The van der Waals surface area contributed by atoms with Crippen LogP contribution in [0, 0.1) is 0 Å². The number of amides is 1. The molecule has 0 aromatic heterocycles. The van der Waals surface area contributed by atoms with Gasteiger partial charge in [-0.2, -0.15) is 12.7 Å². The van der Waals surface area contributed by atoms with Crippen molar-refractivity contribution in [1.82, 2.24) is 4.31 Å². The second-order valence-corrected chi connectivity index (χ2v) is 4.35. The highest BCUT2D eigenvalue weighted by molar-refractivity contribution is 7.83. The van der Waals surface area contributed by atoms with Gasteiger partial charge in [-0.25, -0.2) is 4.79 Å². The number of benzene rings is 1. The number of carbonyl (C=O) groups is 1. The van der Waals surface area contributed by atoms with E-state index in [2.05, 4.69) is 0 Å². The molecule has 16 heavy (non-hydrogen) atoms. The molecule has 0 heterocycles. The second-order valence-electron chi connectivity index (χ2n) is 3.01. The molecule has 4 N–H and O–H groups in total. The molecule has 1 amide bonds. The molecule has 1 rings (SSSR count). The van der Waals surface area contributed by atoms with Gasteiger partial charge in [0, 0.05) is 5.69 Å². The van der Waals surface area contributed by atoms with E-state index in [1.807, 2.05) is 0 Å². The van der Waals surface area contributed by atoms with E-state index in [9.17, 15) is 13.2 Å². The van der Waals surface area contributed by atoms with Gasteiger partial charge < -0.3 is 10.8 Å². The number of nitrogens with two attached hydrogens (primary N) is 1. The SMILES string of the molecule is Nc1ccc(CN(C(=O)O)S(=O)(=O)O)cc1. The van der Waals surface area contributed by atoms with Crippen LogP contribution in [0.1, 0.15) is 5.56 Å². The summed E-state index contributed by atoms with van der Waals surface area (Å²) in [5, 5.41) is 8.59. The number of carboxylic acid groups (broad SMARTS) is 1. The Kier molecular flexibility index (Phi) is 3.35. The van der Waals surface area contributed by atoms with Gasteiger partial charge in [-0.05, 0) is 17.7 Å². The molecule has 8 heteroatoms. The van der Waals surface area contributed by atoms with E-state index >= 15 is 0 Å². The molecule has 0 radical (unpaired) electrons. The minimum Gasteiger partial charge on any atom is -0.464 e. The Morgan fingerprint density at radius 2 is 1.81 bits per heavy atom. The molecule has 88 valence electrons. The van der Waals surface area contributed by atoms with Gasteiger partial charge >= 0.3 is 16.4 Å². The predicted octanol–water partition coefficient (Wildman–Crippen LogP) is 0.552. The third-order valence-corrected chi connectivity index (χ3v) is 2.64. The summed E-state index contributed by atoms with van der Waals surface area (Å²) in [6, 6.07) is 5.94. The Morgan fingerprint density at radius 1 is 1.31 bits per heavy atom. The Labute approximate surface area is 92.0 Å². The fourth-order valence-corrected chi connectivity index (χ4v) is 1.55. The summed E-state index contributed by atoms with van der Waals surface area (Å²) in [6.45, 7) is -0.464. The maximum atomic E-state index is 10.7. The van der Waals surface area contributed by atoms with E-state index in [4.69, 9.17) is 15.4 Å². The lowest BCUT2D eigenvalue weighted by Crippen LogP contribution is -2.34. The Bertz CT molecular complexity index is 482. The standard InChI is InChI=1S/C8H10N2O5S/c9-7-3-1-6(2-4-7)5-10(8(11)12)16(13,14)15/h1-4H,5,9H2,(H,11,12)(H,13,14,15). The molecule has 0 saturated carbocycles. The van der Waals surface area contributed by atoms with Crippen LogP contribution in [0.2, 0.25) is 0 Å². The van der Waals surface area contributed by atoms with Gasteiger partial charge in [-0.1, -0.05) is 12.1 Å². The molecule has 0 unspecified atom stereocenters. The first-order valence-electron chi connectivity index (χ1n) is 4.13. The maximum absolute atomic E-state index is 10.7. The van der Waals surface area contributed by atoms with Crippen molar-refractivity contribution in [3.05, 3.63) is 29.8 Å². The van der Waals surface area contributed by atoms with Crippen molar-refractivity contribution in [1.29, 1.82) is 0 Å². The van der Waals surface area contributed by atoms with Crippen LogP contribution >= 0.6 is 0 Å². The van der Waals surface area contributed by atoms with E-state index in [0.29, 0.717) is 11.3 Å². The third-order valence-electron chi connectivity index (χ3n) is 1.80. The van der Waals surface area contributed by atoms with Crippen molar-refractivity contribution in [2.24, 2.45) is 0 Å². The quantitative estimate of drug-likeness (QED) is 0.529. The summed E-state index contributed by atoms with van der Waals surface area (Å²) in [7, 11) is -4.77. The smallest absolute Gasteiger partial charge is 0.423 e. The molecule has 0 spiro atoms. The monoisotopic (exact) mass is 246 g/mol. The normalized spacial score (nSPS) is 11.1. The molecule has 0 aliphatic rings. The lowest BCUT2D eigenvalue weighted by atomic mass is 10.2. The van der Waals surface area contributed by atoms with Crippen molar-refractivity contribution in [2.75, 3.05) is 5.73 Å². The summed E-state index contributed by atoms with van der Waals surface area (Å²) in [5.74, 6) is 0. The largest absolute Gasteiger partial charge is 0.464 e. The highest BCUT2D eigenvalue weighted by atomic mass is 32.2. The summed E-state index contributed by atoms with van der Waals surface area (Å²) < 4.78 is 30.0. The van der Waals surface area contributed by atoms with Gasteiger partial charge in [0.15, 0.2) is 0 Å². The molecule has 0 fully saturated rings. The van der Waals surface area contributed by atoms with Crippen LogP contribution in [0.3, 0.4) is 0 Å². The Morgan fingerprint density at radius 3 is 2.19 bits per heavy atom. The predicted molar refractivity (Wildman–Crippen MR) is 56.0 cm³/mol. The van der Waals surface area contributed by atoms with E-state index in [1.54, 1.807) is 0 Å². The zero-order valence-corrected chi connectivity index (χ0v) is 8.88. The Hall–Kier alpha value is -1.80. The lowest BCUT2D eigenvalue weighted by Gasteiger charge is -2.14. The van der Waals surface area contributed by atoms with Crippen LogP contribution < -0.4 is 5.73 Å². The van der Waals surface area contributed by atoms with Crippen LogP contribution in [0.5, 0.6) is 0 Å². The van der Waals surface area contributed by atoms with E-state index in [1.165, 1.54) is 24.3 Å². The molecule has 0 saturated heterocycles. The third kappa shape index (κ3) is 3.11. The van der Waals surface area contributed by atoms with Crippen LogP contribution in [0.15, 0.2) is 24.3 Å². The fourth-order valence-electron chi connectivity index (χ4n) is 1.04. The van der Waals surface area contributed by atoms with Gasteiger partial charge in [0.2, 0.25) is 0 Å². The number of hydrogen-bond donors (Lipinski definition) is 3. The average molecular weight is 246 g/mol. The molecule has 7 nitrogen and oxygen atoms in total. The van der Waals surface area contributed by atoms with Crippen molar-refractivity contribution < 1.29 is 22.9 Å².